The van der Waals surface area contributed by atoms with Crippen LogP contribution >= 0.6 is 0 Å². The molecule has 0 bridgehead atoms. The molecule has 1 saturated heterocycles. The summed E-state index contributed by atoms with van der Waals surface area (Å²) in [7, 11) is 0. The predicted octanol–water partition coefficient (Wildman–Crippen LogP) is 3.07. The van der Waals surface area contributed by atoms with E-state index in [-0.39, 0.29) is 11.7 Å². The molecule has 0 amide bonds. The van der Waals surface area contributed by atoms with Crippen LogP contribution in [-0.2, 0) is 11.3 Å². The van der Waals surface area contributed by atoms with E-state index in [1.54, 1.807) is 0 Å². The monoisotopic (exact) mass is 278 g/mol. The minimum atomic E-state index is -0.387. The Balaban J connectivity index is 1.67. The highest BCUT2D eigenvalue weighted by Crippen LogP contribution is 2.45. The number of nitrogens with zero attached hydrogens (tertiary/aromatic N) is 2. The van der Waals surface area contributed by atoms with Gasteiger partial charge < -0.3 is 9.84 Å². The Labute approximate surface area is 121 Å². The molecule has 3 rings (SSSR count). The van der Waals surface area contributed by atoms with Crippen molar-refractivity contribution in [2.75, 3.05) is 6.61 Å². The maximum atomic E-state index is 10.7. The molecule has 2 heterocycles. The summed E-state index contributed by atoms with van der Waals surface area (Å²) in [6.07, 6.45) is 11.4. The Morgan fingerprint density at radius 1 is 1.50 bits per heavy atom. The van der Waals surface area contributed by atoms with Gasteiger partial charge in [-0.15, -0.1) is 0 Å². The largest absolute Gasteiger partial charge is 0.388 e. The van der Waals surface area contributed by atoms with Crippen molar-refractivity contribution in [1.29, 1.82) is 0 Å². The van der Waals surface area contributed by atoms with Gasteiger partial charge in [0.2, 0.25) is 0 Å². The molecule has 4 heteroatoms. The molecular weight excluding hydrogens is 252 g/mol. The molecule has 1 aromatic rings. The smallest absolute Gasteiger partial charge is 0.0850 e. The SMILES string of the molecule is CCCn1cc(C(O)C2CCOC3(CCCC3)C2)cn1. The molecule has 1 aliphatic heterocycles. The topological polar surface area (TPSA) is 47.3 Å². The van der Waals surface area contributed by atoms with Crippen molar-refractivity contribution >= 4 is 0 Å². The first kappa shape index (κ1) is 14.1. The maximum absolute atomic E-state index is 10.7. The summed E-state index contributed by atoms with van der Waals surface area (Å²) in [4.78, 5) is 0. The van der Waals surface area contributed by atoms with Gasteiger partial charge in [0.05, 0.1) is 17.9 Å². The minimum Gasteiger partial charge on any atom is -0.388 e. The number of aliphatic hydroxyl groups is 1. The second-order valence-electron chi connectivity index (χ2n) is 6.47. The van der Waals surface area contributed by atoms with Gasteiger partial charge in [0.25, 0.3) is 0 Å². The maximum Gasteiger partial charge on any atom is 0.0850 e. The summed E-state index contributed by atoms with van der Waals surface area (Å²) in [6.45, 7) is 3.86. The third-order valence-electron chi connectivity index (χ3n) is 4.94. The highest BCUT2D eigenvalue weighted by Gasteiger charge is 2.42. The van der Waals surface area contributed by atoms with Gasteiger partial charge >= 0.3 is 0 Å². The second kappa shape index (κ2) is 5.86. The number of aliphatic hydroxyl groups excluding tert-OH is 1. The number of rotatable bonds is 4. The third kappa shape index (κ3) is 2.77. The lowest BCUT2D eigenvalue weighted by Crippen LogP contribution is -2.39. The standard InChI is InChI=1S/C16H26N2O2/c1-2-8-18-12-14(11-17-18)15(19)13-5-9-20-16(10-13)6-3-4-7-16/h11-13,15,19H,2-10H2,1H3. The molecule has 1 aromatic heterocycles. The van der Waals surface area contributed by atoms with Crippen molar-refractivity contribution in [3.05, 3.63) is 18.0 Å². The molecular formula is C16H26N2O2. The molecule has 112 valence electrons. The lowest BCUT2D eigenvalue weighted by molar-refractivity contribution is -0.113. The van der Waals surface area contributed by atoms with E-state index in [2.05, 4.69) is 12.0 Å². The molecule has 4 nitrogen and oxygen atoms in total. The molecule has 20 heavy (non-hydrogen) atoms. The zero-order valence-corrected chi connectivity index (χ0v) is 12.4. The molecule has 1 aliphatic carbocycles. The van der Waals surface area contributed by atoms with Crippen LogP contribution in [0.1, 0.15) is 63.5 Å². The Morgan fingerprint density at radius 3 is 3.05 bits per heavy atom. The number of hydrogen-bond donors (Lipinski definition) is 1. The van der Waals surface area contributed by atoms with Crippen LogP contribution in [0.25, 0.3) is 0 Å². The van der Waals surface area contributed by atoms with E-state index in [4.69, 9.17) is 4.74 Å². The fourth-order valence-electron chi connectivity index (χ4n) is 3.86. The van der Waals surface area contributed by atoms with E-state index in [0.717, 1.165) is 38.0 Å². The lowest BCUT2D eigenvalue weighted by atomic mass is 9.80. The van der Waals surface area contributed by atoms with Gasteiger partial charge in [0.1, 0.15) is 0 Å². The van der Waals surface area contributed by atoms with Crippen LogP contribution in [0, 0.1) is 5.92 Å². The quantitative estimate of drug-likeness (QED) is 0.920. The Hall–Kier alpha value is -0.870. The second-order valence-corrected chi connectivity index (χ2v) is 6.47. The highest BCUT2D eigenvalue weighted by molar-refractivity contribution is 5.10. The number of aryl methyl sites for hydroxylation is 1. The van der Waals surface area contributed by atoms with E-state index >= 15 is 0 Å². The van der Waals surface area contributed by atoms with Crippen LogP contribution in [0.15, 0.2) is 12.4 Å². The molecule has 1 spiro atoms. The summed E-state index contributed by atoms with van der Waals surface area (Å²) >= 11 is 0. The number of ether oxygens (including phenoxy) is 1. The van der Waals surface area contributed by atoms with E-state index in [1.165, 1.54) is 25.7 Å². The van der Waals surface area contributed by atoms with Crippen LogP contribution in [0.3, 0.4) is 0 Å². The first-order chi connectivity index (χ1) is 9.72. The normalized spacial score (nSPS) is 27.0. The molecule has 2 unspecified atom stereocenters. The van der Waals surface area contributed by atoms with Crippen molar-refractivity contribution in [2.24, 2.45) is 5.92 Å². The van der Waals surface area contributed by atoms with Gasteiger partial charge in [-0.1, -0.05) is 19.8 Å². The zero-order valence-electron chi connectivity index (χ0n) is 12.4. The van der Waals surface area contributed by atoms with E-state index in [0.29, 0.717) is 5.92 Å². The van der Waals surface area contributed by atoms with E-state index < -0.39 is 0 Å². The molecule has 1 N–H and O–H groups in total. The van der Waals surface area contributed by atoms with Gasteiger partial charge in [-0.25, -0.2) is 0 Å². The van der Waals surface area contributed by atoms with Crippen molar-refractivity contribution in [3.8, 4) is 0 Å². The molecule has 2 atom stereocenters. The summed E-state index contributed by atoms with van der Waals surface area (Å²) in [6, 6.07) is 0. The van der Waals surface area contributed by atoms with Gasteiger partial charge in [-0.05, 0) is 38.0 Å². The van der Waals surface area contributed by atoms with Crippen LogP contribution in [0.2, 0.25) is 0 Å². The molecule has 2 fully saturated rings. The van der Waals surface area contributed by atoms with Gasteiger partial charge in [-0.2, -0.15) is 5.10 Å². The Morgan fingerprint density at radius 2 is 2.30 bits per heavy atom. The summed E-state index contributed by atoms with van der Waals surface area (Å²) in [5, 5.41) is 15.0. The third-order valence-corrected chi connectivity index (χ3v) is 4.94. The average molecular weight is 278 g/mol. The van der Waals surface area contributed by atoms with E-state index in [1.807, 2.05) is 17.1 Å². The summed E-state index contributed by atoms with van der Waals surface area (Å²) in [5.41, 5.74) is 1.04. The van der Waals surface area contributed by atoms with Gasteiger partial charge in [0, 0.05) is 24.9 Å². The minimum absolute atomic E-state index is 0.0727. The average Bonchev–Trinajstić information content (AvgIpc) is 3.09. The van der Waals surface area contributed by atoms with Crippen molar-refractivity contribution in [1.82, 2.24) is 9.78 Å². The highest BCUT2D eigenvalue weighted by atomic mass is 16.5. The lowest BCUT2D eigenvalue weighted by Gasteiger charge is -2.39. The first-order valence-electron chi connectivity index (χ1n) is 8.07. The Kier molecular flexibility index (Phi) is 4.13. The number of aromatic nitrogens is 2. The first-order valence-corrected chi connectivity index (χ1v) is 8.07. The fraction of sp³-hybridized carbons (Fsp3) is 0.812. The van der Waals surface area contributed by atoms with E-state index in [9.17, 15) is 5.11 Å². The summed E-state index contributed by atoms with van der Waals surface area (Å²) < 4.78 is 7.99. The van der Waals surface area contributed by atoms with Crippen molar-refractivity contribution in [3.63, 3.8) is 0 Å². The molecule has 1 saturated carbocycles. The number of hydrogen-bond acceptors (Lipinski definition) is 3. The van der Waals surface area contributed by atoms with Crippen LogP contribution < -0.4 is 0 Å². The molecule has 0 radical (unpaired) electrons. The van der Waals surface area contributed by atoms with Crippen LogP contribution in [0.5, 0.6) is 0 Å². The van der Waals surface area contributed by atoms with Gasteiger partial charge in [0.15, 0.2) is 0 Å². The van der Waals surface area contributed by atoms with Gasteiger partial charge in [-0.3, -0.25) is 4.68 Å². The van der Waals surface area contributed by atoms with Crippen molar-refractivity contribution in [2.45, 2.75) is 70.1 Å². The van der Waals surface area contributed by atoms with Crippen LogP contribution in [0.4, 0.5) is 0 Å². The predicted molar refractivity (Wildman–Crippen MR) is 77.4 cm³/mol. The van der Waals surface area contributed by atoms with Crippen LogP contribution in [-0.4, -0.2) is 27.1 Å². The molecule has 0 aromatic carbocycles. The zero-order chi connectivity index (χ0) is 14.0. The fourth-order valence-corrected chi connectivity index (χ4v) is 3.86. The Bertz CT molecular complexity index is 437. The van der Waals surface area contributed by atoms with Crippen molar-refractivity contribution < 1.29 is 9.84 Å². The summed E-state index contributed by atoms with van der Waals surface area (Å²) in [5.74, 6) is 0.320. The molecule has 2 aliphatic rings.